The van der Waals surface area contributed by atoms with Crippen molar-refractivity contribution in [1.29, 1.82) is 0 Å². The summed E-state index contributed by atoms with van der Waals surface area (Å²) in [5.74, 6) is 0. The Kier molecular flexibility index (Phi) is 6.11. The normalized spacial score (nSPS) is 11.7. The van der Waals surface area contributed by atoms with E-state index in [1.165, 1.54) is 21.9 Å². The first-order valence-electron chi connectivity index (χ1n) is 16.3. The standard InChI is InChI=1S/C44H27N3O2/c1-2-10-31-25-32(22-19-28(31)9-1)29-17-20-30(21-18-29)34-11-3-6-14-38(34)47(33-26-37-35-12-4-7-15-40(35)48-43(37)46-27-33)39-23-24-45-44-42(39)36-13-5-8-16-41(36)49-44/h1-27H. The third-order valence-electron chi connectivity index (χ3n) is 9.40. The smallest absolute Gasteiger partial charge is 0.229 e. The quantitative estimate of drug-likeness (QED) is 0.190. The Hall–Kier alpha value is -6.72. The summed E-state index contributed by atoms with van der Waals surface area (Å²) in [6, 6.07) is 52.9. The maximum absolute atomic E-state index is 6.26. The number of fused-ring (bicyclic) bond motifs is 7. The van der Waals surface area contributed by atoms with Crippen LogP contribution in [0.3, 0.4) is 0 Å². The predicted molar refractivity (Wildman–Crippen MR) is 200 cm³/mol. The molecule has 5 nitrogen and oxygen atoms in total. The van der Waals surface area contributed by atoms with Gasteiger partial charge < -0.3 is 13.7 Å². The van der Waals surface area contributed by atoms with Gasteiger partial charge in [0.25, 0.3) is 0 Å². The first kappa shape index (κ1) is 27.4. The van der Waals surface area contributed by atoms with Gasteiger partial charge in [0.15, 0.2) is 0 Å². The third-order valence-corrected chi connectivity index (χ3v) is 9.40. The van der Waals surface area contributed by atoms with Crippen LogP contribution in [0.2, 0.25) is 0 Å². The summed E-state index contributed by atoms with van der Waals surface area (Å²) in [6.07, 6.45) is 3.70. The zero-order chi connectivity index (χ0) is 32.3. The first-order valence-corrected chi connectivity index (χ1v) is 16.3. The highest BCUT2D eigenvalue weighted by atomic mass is 16.3. The molecule has 49 heavy (non-hydrogen) atoms. The van der Waals surface area contributed by atoms with E-state index in [4.69, 9.17) is 13.8 Å². The van der Waals surface area contributed by atoms with Gasteiger partial charge in [0.1, 0.15) is 11.2 Å². The molecular weight excluding hydrogens is 603 g/mol. The monoisotopic (exact) mass is 629 g/mol. The molecule has 0 unspecified atom stereocenters. The molecule has 0 aliphatic rings. The predicted octanol–water partition coefficient (Wildman–Crippen LogP) is 12.2. The lowest BCUT2D eigenvalue weighted by atomic mass is 9.97. The molecule has 4 heterocycles. The summed E-state index contributed by atoms with van der Waals surface area (Å²) in [5.41, 5.74) is 10.2. The highest BCUT2D eigenvalue weighted by Gasteiger charge is 2.23. The van der Waals surface area contributed by atoms with Gasteiger partial charge in [0.05, 0.1) is 34.0 Å². The highest BCUT2D eigenvalue weighted by Crippen LogP contribution is 2.46. The van der Waals surface area contributed by atoms with Crippen molar-refractivity contribution in [2.24, 2.45) is 0 Å². The fraction of sp³-hybridized carbons (Fsp3) is 0. The van der Waals surface area contributed by atoms with Crippen molar-refractivity contribution in [3.05, 3.63) is 164 Å². The van der Waals surface area contributed by atoms with Crippen LogP contribution in [-0.2, 0) is 0 Å². The van der Waals surface area contributed by atoms with Crippen molar-refractivity contribution in [2.75, 3.05) is 4.90 Å². The van der Waals surface area contributed by atoms with Gasteiger partial charge in [-0.05, 0) is 63.9 Å². The molecule has 10 rings (SSSR count). The minimum atomic E-state index is 0.587. The summed E-state index contributed by atoms with van der Waals surface area (Å²) >= 11 is 0. The number of hydrogen-bond acceptors (Lipinski definition) is 5. The van der Waals surface area contributed by atoms with Crippen LogP contribution in [0, 0.1) is 0 Å². The van der Waals surface area contributed by atoms with Gasteiger partial charge in [0.2, 0.25) is 11.4 Å². The molecule has 0 aliphatic carbocycles. The second kappa shape index (κ2) is 10.9. The molecule has 0 spiro atoms. The molecule has 0 N–H and O–H groups in total. The first-order chi connectivity index (χ1) is 24.3. The van der Waals surface area contributed by atoms with E-state index in [1.54, 1.807) is 0 Å². The number of aromatic nitrogens is 2. The van der Waals surface area contributed by atoms with E-state index in [-0.39, 0.29) is 0 Å². The van der Waals surface area contributed by atoms with Gasteiger partial charge in [0, 0.05) is 22.5 Å². The van der Waals surface area contributed by atoms with Crippen molar-refractivity contribution in [3.8, 4) is 22.3 Å². The summed E-state index contributed by atoms with van der Waals surface area (Å²) in [4.78, 5) is 11.8. The van der Waals surface area contributed by atoms with Crippen molar-refractivity contribution in [3.63, 3.8) is 0 Å². The van der Waals surface area contributed by atoms with Crippen LogP contribution in [-0.4, -0.2) is 9.97 Å². The summed E-state index contributed by atoms with van der Waals surface area (Å²) < 4.78 is 12.4. The van der Waals surface area contributed by atoms with E-state index in [1.807, 2.05) is 48.8 Å². The molecule has 5 heteroatoms. The fourth-order valence-electron chi connectivity index (χ4n) is 7.07. The van der Waals surface area contributed by atoms with Gasteiger partial charge in [-0.3, -0.25) is 0 Å². The molecule has 4 aromatic heterocycles. The molecule has 0 radical (unpaired) electrons. The van der Waals surface area contributed by atoms with E-state index < -0.39 is 0 Å². The second-order valence-corrected chi connectivity index (χ2v) is 12.2. The average molecular weight is 630 g/mol. The SMILES string of the molecule is c1ccc(N(c2cnc3oc4ccccc4c3c2)c2ccnc3oc4ccccc4c23)c(-c2ccc(-c3ccc4ccccc4c3)cc2)c1. The minimum Gasteiger partial charge on any atom is -0.438 e. The van der Waals surface area contributed by atoms with Crippen molar-refractivity contribution in [2.45, 2.75) is 0 Å². The lowest BCUT2D eigenvalue weighted by Crippen LogP contribution is -2.12. The molecule has 6 aromatic carbocycles. The van der Waals surface area contributed by atoms with Crippen LogP contribution < -0.4 is 4.90 Å². The summed E-state index contributed by atoms with van der Waals surface area (Å²) in [6.45, 7) is 0. The number of benzene rings is 6. The van der Waals surface area contributed by atoms with Crippen LogP contribution >= 0.6 is 0 Å². The summed E-state index contributed by atoms with van der Waals surface area (Å²) in [5, 5.41) is 6.40. The maximum Gasteiger partial charge on any atom is 0.229 e. The molecule has 0 saturated heterocycles. The van der Waals surface area contributed by atoms with Crippen molar-refractivity contribution >= 4 is 72.0 Å². The van der Waals surface area contributed by atoms with Gasteiger partial charge in [-0.2, -0.15) is 0 Å². The summed E-state index contributed by atoms with van der Waals surface area (Å²) in [7, 11) is 0. The number of hydrogen-bond donors (Lipinski definition) is 0. The number of furan rings is 2. The number of para-hydroxylation sites is 3. The minimum absolute atomic E-state index is 0.587. The number of anilines is 3. The van der Waals surface area contributed by atoms with Crippen LogP contribution in [0.15, 0.2) is 173 Å². The lowest BCUT2D eigenvalue weighted by Gasteiger charge is -2.28. The number of nitrogens with zero attached hydrogens (tertiary/aromatic N) is 3. The lowest BCUT2D eigenvalue weighted by molar-refractivity contribution is 0.653. The fourth-order valence-corrected chi connectivity index (χ4v) is 7.07. The Labute approximate surface area is 281 Å². The second-order valence-electron chi connectivity index (χ2n) is 12.2. The topological polar surface area (TPSA) is 55.3 Å². The molecular formula is C44H27N3O2. The molecule has 0 amide bonds. The third kappa shape index (κ3) is 4.48. The van der Waals surface area contributed by atoms with E-state index in [0.717, 1.165) is 60.9 Å². The molecule has 0 bridgehead atoms. The Morgan fingerprint density at radius 2 is 1.12 bits per heavy atom. The van der Waals surface area contributed by atoms with Crippen LogP contribution in [0.4, 0.5) is 17.1 Å². The molecule has 230 valence electrons. The Bertz CT molecular complexity index is 2850. The maximum atomic E-state index is 6.26. The van der Waals surface area contributed by atoms with E-state index in [0.29, 0.717) is 11.4 Å². The van der Waals surface area contributed by atoms with Crippen molar-refractivity contribution < 1.29 is 8.83 Å². The largest absolute Gasteiger partial charge is 0.438 e. The highest BCUT2D eigenvalue weighted by molar-refractivity contribution is 6.13. The Morgan fingerprint density at radius 3 is 2.00 bits per heavy atom. The van der Waals surface area contributed by atoms with E-state index in [2.05, 4.69) is 125 Å². The van der Waals surface area contributed by atoms with E-state index >= 15 is 0 Å². The molecule has 0 fully saturated rings. The van der Waals surface area contributed by atoms with Gasteiger partial charge in [-0.15, -0.1) is 0 Å². The van der Waals surface area contributed by atoms with Gasteiger partial charge in [-0.1, -0.05) is 115 Å². The van der Waals surface area contributed by atoms with Gasteiger partial charge in [-0.25, -0.2) is 9.97 Å². The average Bonchev–Trinajstić information content (AvgIpc) is 3.74. The zero-order valence-electron chi connectivity index (χ0n) is 26.2. The van der Waals surface area contributed by atoms with Crippen LogP contribution in [0.1, 0.15) is 0 Å². The van der Waals surface area contributed by atoms with E-state index in [9.17, 15) is 0 Å². The molecule has 10 aromatic rings. The number of rotatable bonds is 5. The Morgan fingerprint density at radius 1 is 0.449 bits per heavy atom. The van der Waals surface area contributed by atoms with Crippen LogP contribution in [0.25, 0.3) is 77.2 Å². The molecule has 0 atom stereocenters. The van der Waals surface area contributed by atoms with Crippen LogP contribution in [0.5, 0.6) is 0 Å². The van der Waals surface area contributed by atoms with Crippen molar-refractivity contribution in [1.82, 2.24) is 9.97 Å². The van der Waals surface area contributed by atoms with Gasteiger partial charge >= 0.3 is 0 Å². The number of pyridine rings is 2. The zero-order valence-corrected chi connectivity index (χ0v) is 26.2. The molecule has 0 aliphatic heterocycles. The molecule has 0 saturated carbocycles. The Balaban J connectivity index is 1.18.